The van der Waals surface area contributed by atoms with Crippen LogP contribution in [0.15, 0.2) is 71.6 Å². The van der Waals surface area contributed by atoms with Crippen LogP contribution in [-0.4, -0.2) is 43.9 Å². The van der Waals surface area contributed by atoms with Gasteiger partial charge in [-0.1, -0.05) is 12.1 Å². The molecule has 0 heterocycles. The molecule has 0 aromatic heterocycles. The van der Waals surface area contributed by atoms with E-state index in [0.29, 0.717) is 40.6 Å². The average molecular weight is 509 g/mol. The monoisotopic (exact) mass is 508 g/mol. The van der Waals surface area contributed by atoms with Gasteiger partial charge < -0.3 is 24.8 Å². The maximum atomic E-state index is 12.9. The zero-order valence-electron chi connectivity index (χ0n) is 20.5. The molecular formula is C27H28N2O6S. The van der Waals surface area contributed by atoms with Crippen molar-refractivity contribution >= 4 is 40.9 Å². The number of esters is 1. The lowest BCUT2D eigenvalue weighted by Crippen LogP contribution is -2.22. The van der Waals surface area contributed by atoms with Crippen LogP contribution in [-0.2, 0) is 9.53 Å². The highest BCUT2D eigenvalue weighted by molar-refractivity contribution is 8.00. The minimum Gasteiger partial charge on any atom is -0.496 e. The molecule has 0 saturated carbocycles. The van der Waals surface area contributed by atoms with Crippen molar-refractivity contribution < 1.29 is 28.6 Å². The zero-order chi connectivity index (χ0) is 26.1. The molecular weight excluding hydrogens is 480 g/mol. The first-order valence-electron chi connectivity index (χ1n) is 11.2. The van der Waals surface area contributed by atoms with Crippen LogP contribution in [0, 0.1) is 0 Å². The van der Waals surface area contributed by atoms with E-state index in [-0.39, 0.29) is 11.8 Å². The zero-order valence-corrected chi connectivity index (χ0v) is 21.3. The quantitative estimate of drug-likeness (QED) is 0.285. The fourth-order valence-corrected chi connectivity index (χ4v) is 4.25. The Balaban J connectivity index is 1.64. The normalized spacial score (nSPS) is 11.2. The summed E-state index contributed by atoms with van der Waals surface area (Å²) in [4.78, 5) is 38.2. The van der Waals surface area contributed by atoms with Crippen LogP contribution in [0.1, 0.15) is 34.6 Å². The lowest BCUT2D eigenvalue weighted by Gasteiger charge is -2.15. The molecule has 2 N–H and O–H groups in total. The summed E-state index contributed by atoms with van der Waals surface area (Å²) < 4.78 is 15.6. The van der Waals surface area contributed by atoms with Crippen molar-refractivity contribution in [2.24, 2.45) is 0 Å². The third kappa shape index (κ3) is 6.79. The Kier molecular flexibility index (Phi) is 9.35. The van der Waals surface area contributed by atoms with Gasteiger partial charge in [0.15, 0.2) is 0 Å². The molecule has 3 aromatic rings. The summed E-state index contributed by atoms with van der Waals surface area (Å²) in [6, 6.07) is 18.9. The van der Waals surface area contributed by atoms with Gasteiger partial charge in [0.1, 0.15) is 17.1 Å². The van der Waals surface area contributed by atoms with Crippen molar-refractivity contribution in [1.82, 2.24) is 0 Å². The summed E-state index contributed by atoms with van der Waals surface area (Å²) in [5.74, 6) is -0.174. The highest BCUT2D eigenvalue weighted by atomic mass is 32.2. The van der Waals surface area contributed by atoms with Gasteiger partial charge in [-0.3, -0.25) is 9.59 Å². The second-order valence-corrected chi connectivity index (χ2v) is 8.98. The Morgan fingerprint density at radius 3 is 2.11 bits per heavy atom. The van der Waals surface area contributed by atoms with E-state index in [1.54, 1.807) is 74.5 Å². The van der Waals surface area contributed by atoms with Crippen molar-refractivity contribution in [2.45, 2.75) is 24.0 Å². The van der Waals surface area contributed by atoms with Crippen LogP contribution in [0.4, 0.5) is 11.4 Å². The van der Waals surface area contributed by atoms with E-state index in [1.165, 1.54) is 26.0 Å². The van der Waals surface area contributed by atoms with Crippen molar-refractivity contribution in [2.75, 3.05) is 31.5 Å². The van der Waals surface area contributed by atoms with Crippen LogP contribution in [0.25, 0.3) is 0 Å². The maximum Gasteiger partial charge on any atom is 0.338 e. The Labute approximate surface area is 214 Å². The fourth-order valence-electron chi connectivity index (χ4n) is 3.32. The third-order valence-electron chi connectivity index (χ3n) is 5.09. The Bertz CT molecular complexity index is 1210. The highest BCUT2D eigenvalue weighted by Crippen LogP contribution is 2.30. The fraction of sp³-hybridized carbons (Fsp3) is 0.222. The van der Waals surface area contributed by atoms with Crippen molar-refractivity contribution in [1.29, 1.82) is 0 Å². The first-order chi connectivity index (χ1) is 17.4. The van der Waals surface area contributed by atoms with Gasteiger partial charge in [-0.25, -0.2) is 4.79 Å². The molecule has 0 spiro atoms. The molecule has 188 valence electrons. The standard InChI is InChI=1S/C27H28N2O6S/c1-5-35-27(32)18-12-14-19(15-13-18)28-25(30)17(2)36-21-9-6-8-20(16-21)29-26(31)24-22(33-3)10-7-11-23(24)34-4/h6-17H,5H2,1-4H3,(H,28,30)(H,29,31). The van der Waals surface area contributed by atoms with Gasteiger partial charge in [-0.2, -0.15) is 0 Å². The number of hydrogen-bond acceptors (Lipinski definition) is 7. The minimum atomic E-state index is -0.421. The molecule has 3 aromatic carbocycles. The lowest BCUT2D eigenvalue weighted by atomic mass is 10.1. The van der Waals surface area contributed by atoms with Gasteiger partial charge in [-0.05, 0) is 68.4 Å². The van der Waals surface area contributed by atoms with Gasteiger partial charge in [0, 0.05) is 16.3 Å². The average Bonchev–Trinajstić information content (AvgIpc) is 2.88. The Hall–Kier alpha value is -3.98. The number of thioether (sulfide) groups is 1. The molecule has 0 aliphatic heterocycles. The molecule has 0 radical (unpaired) electrons. The van der Waals surface area contributed by atoms with E-state index >= 15 is 0 Å². The highest BCUT2D eigenvalue weighted by Gasteiger charge is 2.19. The van der Waals surface area contributed by atoms with Crippen molar-refractivity contribution in [3.05, 3.63) is 77.9 Å². The second kappa shape index (κ2) is 12.6. The van der Waals surface area contributed by atoms with Gasteiger partial charge in [0.25, 0.3) is 5.91 Å². The molecule has 36 heavy (non-hydrogen) atoms. The SMILES string of the molecule is CCOC(=O)c1ccc(NC(=O)C(C)Sc2cccc(NC(=O)c3c(OC)cccc3OC)c2)cc1. The van der Waals surface area contributed by atoms with Crippen LogP contribution in [0.3, 0.4) is 0 Å². The van der Waals surface area contributed by atoms with Crippen LogP contribution >= 0.6 is 11.8 Å². The topological polar surface area (TPSA) is 103 Å². The molecule has 0 bridgehead atoms. The minimum absolute atomic E-state index is 0.197. The molecule has 2 amide bonds. The van der Waals surface area contributed by atoms with Crippen molar-refractivity contribution in [3.63, 3.8) is 0 Å². The summed E-state index contributed by atoms with van der Waals surface area (Å²) in [7, 11) is 2.98. The summed E-state index contributed by atoms with van der Waals surface area (Å²) in [6.07, 6.45) is 0. The van der Waals surface area contributed by atoms with Crippen LogP contribution in [0.5, 0.6) is 11.5 Å². The van der Waals surface area contributed by atoms with Gasteiger partial charge in [0.2, 0.25) is 5.91 Å². The summed E-state index contributed by atoms with van der Waals surface area (Å²) in [5, 5.41) is 5.29. The lowest BCUT2D eigenvalue weighted by molar-refractivity contribution is -0.115. The molecule has 0 aliphatic carbocycles. The van der Waals surface area contributed by atoms with E-state index < -0.39 is 11.2 Å². The second-order valence-electron chi connectivity index (χ2n) is 7.57. The van der Waals surface area contributed by atoms with Crippen LogP contribution < -0.4 is 20.1 Å². The molecule has 0 fully saturated rings. The van der Waals surface area contributed by atoms with Crippen LogP contribution in [0.2, 0.25) is 0 Å². The van der Waals surface area contributed by atoms with Crippen molar-refractivity contribution in [3.8, 4) is 11.5 Å². The van der Waals surface area contributed by atoms with E-state index in [1.807, 2.05) is 6.07 Å². The Morgan fingerprint density at radius 1 is 0.861 bits per heavy atom. The summed E-state index contributed by atoms with van der Waals surface area (Å²) in [6.45, 7) is 3.83. The number of amides is 2. The summed E-state index contributed by atoms with van der Waals surface area (Å²) >= 11 is 1.35. The molecule has 0 saturated heterocycles. The molecule has 9 heteroatoms. The number of rotatable bonds is 10. The molecule has 1 unspecified atom stereocenters. The first kappa shape index (κ1) is 26.6. The molecule has 0 aliphatic rings. The summed E-state index contributed by atoms with van der Waals surface area (Å²) in [5.41, 5.74) is 1.86. The number of benzene rings is 3. The smallest absolute Gasteiger partial charge is 0.338 e. The van der Waals surface area contributed by atoms with E-state index in [0.717, 1.165) is 4.90 Å². The predicted molar refractivity (Wildman–Crippen MR) is 140 cm³/mol. The number of anilines is 2. The molecule has 8 nitrogen and oxygen atoms in total. The predicted octanol–water partition coefficient (Wildman–Crippen LogP) is 5.25. The number of ether oxygens (including phenoxy) is 3. The van der Waals surface area contributed by atoms with E-state index in [9.17, 15) is 14.4 Å². The maximum absolute atomic E-state index is 12.9. The number of carbonyl (C=O) groups is 3. The van der Waals surface area contributed by atoms with E-state index in [2.05, 4.69) is 10.6 Å². The Morgan fingerprint density at radius 2 is 1.50 bits per heavy atom. The number of carbonyl (C=O) groups excluding carboxylic acids is 3. The van der Waals surface area contributed by atoms with Gasteiger partial charge in [-0.15, -0.1) is 11.8 Å². The van der Waals surface area contributed by atoms with Gasteiger partial charge >= 0.3 is 5.97 Å². The van der Waals surface area contributed by atoms with Gasteiger partial charge in [0.05, 0.1) is 31.6 Å². The molecule has 3 rings (SSSR count). The number of nitrogens with one attached hydrogen (secondary N) is 2. The first-order valence-corrected chi connectivity index (χ1v) is 12.1. The largest absolute Gasteiger partial charge is 0.496 e. The van der Waals surface area contributed by atoms with E-state index in [4.69, 9.17) is 14.2 Å². The third-order valence-corrected chi connectivity index (χ3v) is 6.19. The number of methoxy groups -OCH3 is 2. The molecule has 1 atom stereocenters. The number of hydrogen-bond donors (Lipinski definition) is 2.